The van der Waals surface area contributed by atoms with E-state index in [9.17, 15) is 4.79 Å². The monoisotopic (exact) mass is 294 g/mol. The Balaban J connectivity index is 2.54. The molecule has 1 aromatic carbocycles. The topological polar surface area (TPSA) is 17.1 Å². The van der Waals surface area contributed by atoms with Gasteiger partial charge in [0, 0.05) is 16.0 Å². The Labute approximate surface area is 112 Å². The lowest BCUT2D eigenvalue weighted by Gasteiger charge is -2.20. The fourth-order valence-electron chi connectivity index (χ4n) is 2.39. The van der Waals surface area contributed by atoms with Crippen LogP contribution in [0.4, 0.5) is 0 Å². The first-order valence-corrected chi connectivity index (χ1v) is 7.01. The first kappa shape index (κ1) is 12.8. The zero-order valence-electron chi connectivity index (χ0n) is 10.9. The molecule has 0 saturated heterocycles. The van der Waals surface area contributed by atoms with Crippen molar-refractivity contribution < 1.29 is 4.79 Å². The van der Waals surface area contributed by atoms with E-state index >= 15 is 0 Å². The molecule has 1 aliphatic rings. The van der Waals surface area contributed by atoms with Crippen LogP contribution in [0, 0.1) is 5.92 Å². The molecule has 2 rings (SSSR count). The molecule has 0 aliphatic heterocycles. The van der Waals surface area contributed by atoms with Crippen LogP contribution in [-0.4, -0.2) is 5.78 Å². The molecule has 0 heterocycles. The molecule has 1 atom stereocenters. The Bertz CT molecular complexity index is 469. The zero-order valence-corrected chi connectivity index (χ0v) is 12.5. The van der Waals surface area contributed by atoms with Crippen molar-refractivity contribution in [2.75, 3.05) is 0 Å². The highest BCUT2D eigenvalue weighted by atomic mass is 79.9. The molecular weight excluding hydrogens is 276 g/mol. The lowest BCUT2D eigenvalue weighted by atomic mass is 9.85. The molecule has 0 fully saturated rings. The lowest BCUT2D eigenvalue weighted by Crippen LogP contribution is -2.13. The van der Waals surface area contributed by atoms with Gasteiger partial charge in [0.15, 0.2) is 5.78 Å². The van der Waals surface area contributed by atoms with Gasteiger partial charge in [0.2, 0.25) is 0 Å². The summed E-state index contributed by atoms with van der Waals surface area (Å²) in [6.07, 6.45) is 1.83. The minimum atomic E-state index is 0.0854. The normalized spacial score (nSPS) is 19.6. The molecule has 0 bridgehead atoms. The summed E-state index contributed by atoms with van der Waals surface area (Å²) >= 11 is 3.62. The predicted octanol–water partition coefficient (Wildman–Crippen LogP) is 4.51. The van der Waals surface area contributed by atoms with Crippen molar-refractivity contribution in [3.8, 4) is 0 Å². The van der Waals surface area contributed by atoms with E-state index in [0.717, 1.165) is 22.9 Å². The number of halogens is 1. The van der Waals surface area contributed by atoms with Gasteiger partial charge in [-0.15, -0.1) is 0 Å². The van der Waals surface area contributed by atoms with Crippen LogP contribution in [0.15, 0.2) is 16.6 Å². The van der Waals surface area contributed by atoms with Crippen molar-refractivity contribution in [1.82, 2.24) is 0 Å². The number of benzene rings is 1. The Morgan fingerprint density at radius 3 is 2.53 bits per heavy atom. The summed E-state index contributed by atoms with van der Waals surface area (Å²) in [5.74, 6) is 0.519. The van der Waals surface area contributed by atoms with E-state index in [1.807, 2.05) is 0 Å². The Morgan fingerprint density at radius 1 is 1.35 bits per heavy atom. The first-order chi connectivity index (χ1) is 7.84. The minimum absolute atomic E-state index is 0.0854. The fourth-order valence-corrected chi connectivity index (χ4v) is 3.01. The van der Waals surface area contributed by atoms with Gasteiger partial charge >= 0.3 is 0 Å². The highest BCUT2D eigenvalue weighted by molar-refractivity contribution is 9.10. The number of Topliss-reactive ketones (excluding diaryl/α,β-unsaturated/α-hetero) is 1. The van der Waals surface area contributed by atoms with Gasteiger partial charge in [0.05, 0.1) is 0 Å². The van der Waals surface area contributed by atoms with Crippen LogP contribution in [0.25, 0.3) is 0 Å². The summed E-state index contributed by atoms with van der Waals surface area (Å²) in [5, 5.41) is 0. The highest BCUT2D eigenvalue weighted by Gasteiger charge is 2.32. The molecule has 1 nitrogen and oxygen atoms in total. The Hall–Kier alpha value is -0.630. The standard InChI is InChI=1S/C15H19BrO/c1-5-9-6-11-12(14(9)17)7-10(8-13(11)16)15(2,3)4/h7-9H,5-6H2,1-4H3. The number of carbonyl (C=O) groups excluding carboxylic acids is 1. The molecule has 0 N–H and O–H groups in total. The van der Waals surface area contributed by atoms with Gasteiger partial charge in [0.1, 0.15) is 0 Å². The van der Waals surface area contributed by atoms with Crippen LogP contribution in [-0.2, 0) is 11.8 Å². The van der Waals surface area contributed by atoms with Gasteiger partial charge in [0.25, 0.3) is 0 Å². The van der Waals surface area contributed by atoms with Crippen LogP contribution < -0.4 is 0 Å². The second-order valence-electron chi connectivity index (χ2n) is 5.91. The third-order valence-corrected chi connectivity index (χ3v) is 4.35. The maximum absolute atomic E-state index is 12.2. The molecule has 1 aromatic rings. The fraction of sp³-hybridized carbons (Fsp3) is 0.533. The molecule has 0 amide bonds. The van der Waals surface area contributed by atoms with Crippen LogP contribution in [0.3, 0.4) is 0 Å². The number of hydrogen-bond donors (Lipinski definition) is 0. The maximum Gasteiger partial charge on any atom is 0.166 e. The van der Waals surface area contributed by atoms with E-state index in [4.69, 9.17) is 0 Å². The minimum Gasteiger partial charge on any atom is -0.294 e. The summed E-state index contributed by atoms with van der Waals surface area (Å²) in [4.78, 5) is 12.2. The average Bonchev–Trinajstić information content (AvgIpc) is 2.55. The summed E-state index contributed by atoms with van der Waals surface area (Å²) < 4.78 is 1.10. The Kier molecular flexibility index (Phi) is 3.19. The van der Waals surface area contributed by atoms with Crippen LogP contribution in [0.2, 0.25) is 0 Å². The predicted molar refractivity (Wildman–Crippen MR) is 74.7 cm³/mol. The number of ketones is 1. The molecule has 1 aliphatic carbocycles. The third-order valence-electron chi connectivity index (χ3n) is 3.64. The van der Waals surface area contributed by atoms with Gasteiger partial charge < -0.3 is 0 Å². The molecule has 0 aromatic heterocycles. The molecule has 1 unspecified atom stereocenters. The second-order valence-corrected chi connectivity index (χ2v) is 6.76. The van der Waals surface area contributed by atoms with Crippen molar-refractivity contribution in [3.63, 3.8) is 0 Å². The van der Waals surface area contributed by atoms with E-state index in [2.05, 4.69) is 55.8 Å². The van der Waals surface area contributed by atoms with E-state index in [1.54, 1.807) is 0 Å². The van der Waals surface area contributed by atoms with Crippen molar-refractivity contribution in [1.29, 1.82) is 0 Å². The SMILES string of the molecule is CCC1Cc2c(Br)cc(C(C)(C)C)cc2C1=O. The summed E-state index contributed by atoms with van der Waals surface area (Å²) in [6, 6.07) is 4.27. The zero-order chi connectivity index (χ0) is 12.8. The van der Waals surface area contributed by atoms with Crippen LogP contribution in [0.5, 0.6) is 0 Å². The molecule has 17 heavy (non-hydrogen) atoms. The molecule has 0 radical (unpaired) electrons. The van der Waals surface area contributed by atoms with Crippen molar-refractivity contribution in [2.45, 2.75) is 46.0 Å². The van der Waals surface area contributed by atoms with E-state index in [1.165, 1.54) is 11.1 Å². The summed E-state index contributed by atoms with van der Waals surface area (Å²) in [6.45, 7) is 8.63. The largest absolute Gasteiger partial charge is 0.294 e. The first-order valence-electron chi connectivity index (χ1n) is 6.21. The maximum atomic E-state index is 12.2. The van der Waals surface area contributed by atoms with E-state index < -0.39 is 0 Å². The molecule has 0 saturated carbocycles. The molecule has 2 heteroatoms. The van der Waals surface area contributed by atoms with Gasteiger partial charge in [-0.05, 0) is 41.5 Å². The van der Waals surface area contributed by atoms with Crippen molar-refractivity contribution in [3.05, 3.63) is 33.3 Å². The van der Waals surface area contributed by atoms with Gasteiger partial charge in [-0.25, -0.2) is 0 Å². The molecule has 0 spiro atoms. The number of rotatable bonds is 1. The summed E-state index contributed by atoms with van der Waals surface area (Å²) in [7, 11) is 0. The number of hydrogen-bond acceptors (Lipinski definition) is 1. The van der Waals surface area contributed by atoms with Crippen LogP contribution in [0.1, 0.15) is 55.6 Å². The second kappa shape index (κ2) is 4.24. The third kappa shape index (κ3) is 2.20. The van der Waals surface area contributed by atoms with E-state index in [-0.39, 0.29) is 11.3 Å². The lowest BCUT2D eigenvalue weighted by molar-refractivity contribution is 0.0934. The Morgan fingerprint density at radius 2 is 2.00 bits per heavy atom. The van der Waals surface area contributed by atoms with Crippen molar-refractivity contribution in [2.24, 2.45) is 5.92 Å². The number of carbonyl (C=O) groups is 1. The van der Waals surface area contributed by atoms with Crippen molar-refractivity contribution >= 4 is 21.7 Å². The smallest absolute Gasteiger partial charge is 0.166 e. The average molecular weight is 295 g/mol. The van der Waals surface area contributed by atoms with Gasteiger partial charge in [-0.2, -0.15) is 0 Å². The molecular formula is C15H19BrO. The number of fused-ring (bicyclic) bond motifs is 1. The van der Waals surface area contributed by atoms with Crippen LogP contribution >= 0.6 is 15.9 Å². The quantitative estimate of drug-likeness (QED) is 0.745. The van der Waals surface area contributed by atoms with E-state index in [0.29, 0.717) is 5.78 Å². The molecule has 92 valence electrons. The highest BCUT2D eigenvalue weighted by Crippen LogP contribution is 2.37. The van der Waals surface area contributed by atoms with Gasteiger partial charge in [-0.3, -0.25) is 4.79 Å². The summed E-state index contributed by atoms with van der Waals surface area (Å²) in [5.41, 5.74) is 3.46. The van der Waals surface area contributed by atoms with Gasteiger partial charge in [-0.1, -0.05) is 43.6 Å².